The van der Waals surface area contributed by atoms with Crippen LogP contribution >= 0.6 is 11.3 Å². The molecule has 1 N–H and O–H groups in total. The van der Waals surface area contributed by atoms with Gasteiger partial charge < -0.3 is 5.11 Å². The second kappa shape index (κ2) is 7.76. The van der Waals surface area contributed by atoms with Crippen molar-refractivity contribution in [3.8, 4) is 10.6 Å². The Balaban J connectivity index is 1.67. The van der Waals surface area contributed by atoms with Crippen molar-refractivity contribution < 1.29 is 13.5 Å². The minimum atomic E-state index is -3.17. The minimum absolute atomic E-state index is 0.0507. The summed E-state index contributed by atoms with van der Waals surface area (Å²) in [6.07, 6.45) is 4.42. The highest BCUT2D eigenvalue weighted by Gasteiger charge is 2.36. The topological polar surface area (TPSA) is 70.5 Å². The molecule has 0 saturated carbocycles. The summed E-state index contributed by atoms with van der Waals surface area (Å²) in [7, 11) is -3.17. The summed E-state index contributed by atoms with van der Waals surface area (Å²) in [5.74, 6) is 0. The lowest BCUT2D eigenvalue weighted by atomic mass is 9.83. The molecule has 0 amide bonds. The Kier molecular flexibility index (Phi) is 5.81. The number of hydrogen-bond acceptors (Lipinski definition) is 6. The zero-order chi connectivity index (χ0) is 18.8. The summed E-state index contributed by atoms with van der Waals surface area (Å²) < 4.78 is 23.1. The van der Waals surface area contributed by atoms with E-state index in [-0.39, 0.29) is 12.0 Å². The van der Waals surface area contributed by atoms with E-state index in [1.807, 2.05) is 12.1 Å². The van der Waals surface area contributed by atoms with Crippen molar-refractivity contribution in [3.05, 3.63) is 35.3 Å². The third-order valence-electron chi connectivity index (χ3n) is 5.10. The number of likely N-dealkylation sites (tertiary alicyclic amines) is 1. The third-order valence-corrected chi connectivity index (χ3v) is 7.17. The Hall–Kier alpha value is -1.28. The van der Waals surface area contributed by atoms with Gasteiger partial charge in [-0.25, -0.2) is 13.4 Å². The van der Waals surface area contributed by atoms with Crippen molar-refractivity contribution in [2.24, 2.45) is 5.41 Å². The maximum absolute atomic E-state index is 11.6. The lowest BCUT2D eigenvalue weighted by molar-refractivity contribution is 0.117. The van der Waals surface area contributed by atoms with Gasteiger partial charge in [-0.1, -0.05) is 25.5 Å². The highest BCUT2D eigenvalue weighted by Crippen LogP contribution is 2.35. The number of benzene rings is 1. The molecule has 1 aromatic heterocycles. The average Bonchev–Trinajstić information content (AvgIpc) is 3.23. The van der Waals surface area contributed by atoms with E-state index in [9.17, 15) is 13.5 Å². The Morgan fingerprint density at radius 1 is 1.31 bits per heavy atom. The molecule has 1 atom stereocenters. The van der Waals surface area contributed by atoms with Crippen LogP contribution in [0.5, 0.6) is 0 Å². The molecule has 2 aromatic rings. The number of sulfone groups is 1. The fourth-order valence-corrected chi connectivity index (χ4v) is 5.14. The SMILES string of the molecule is CCCC1(CO)CCN(Cc2csc(-c3ccc(S(C)(=O)=O)cc3)n2)C1. The van der Waals surface area contributed by atoms with Gasteiger partial charge in [0, 0.05) is 42.3 Å². The van der Waals surface area contributed by atoms with E-state index in [0.717, 1.165) is 55.2 Å². The van der Waals surface area contributed by atoms with E-state index in [0.29, 0.717) is 4.90 Å². The number of thiazole rings is 1. The first kappa shape index (κ1) is 19.5. The van der Waals surface area contributed by atoms with Gasteiger partial charge in [0.1, 0.15) is 5.01 Å². The van der Waals surface area contributed by atoms with Gasteiger partial charge in [0.05, 0.1) is 10.6 Å². The molecule has 5 nitrogen and oxygen atoms in total. The summed E-state index contributed by atoms with van der Waals surface area (Å²) in [6, 6.07) is 6.89. The molecule has 1 saturated heterocycles. The molecule has 3 rings (SSSR count). The van der Waals surface area contributed by atoms with E-state index in [1.165, 1.54) is 6.26 Å². The molecular formula is C19H26N2O3S2. The van der Waals surface area contributed by atoms with Gasteiger partial charge in [0.25, 0.3) is 0 Å². The zero-order valence-corrected chi connectivity index (χ0v) is 16.9. The van der Waals surface area contributed by atoms with Gasteiger partial charge >= 0.3 is 0 Å². The van der Waals surface area contributed by atoms with E-state index < -0.39 is 9.84 Å². The van der Waals surface area contributed by atoms with Crippen LogP contribution in [0.1, 0.15) is 31.9 Å². The molecule has 1 unspecified atom stereocenters. The van der Waals surface area contributed by atoms with Gasteiger partial charge in [-0.15, -0.1) is 11.3 Å². The van der Waals surface area contributed by atoms with Crippen LogP contribution < -0.4 is 0 Å². The Labute approximate surface area is 159 Å². The van der Waals surface area contributed by atoms with Gasteiger partial charge in [0.2, 0.25) is 0 Å². The molecule has 0 aliphatic carbocycles. The summed E-state index contributed by atoms with van der Waals surface area (Å²) >= 11 is 1.58. The van der Waals surface area contributed by atoms with Crippen molar-refractivity contribution in [3.63, 3.8) is 0 Å². The summed E-state index contributed by atoms with van der Waals surface area (Å²) in [4.78, 5) is 7.42. The molecule has 1 aromatic carbocycles. The lowest BCUT2D eigenvalue weighted by Crippen LogP contribution is -2.30. The molecule has 0 spiro atoms. The van der Waals surface area contributed by atoms with Crippen molar-refractivity contribution in [2.75, 3.05) is 26.0 Å². The largest absolute Gasteiger partial charge is 0.396 e. The van der Waals surface area contributed by atoms with Crippen LogP contribution in [-0.2, 0) is 16.4 Å². The molecule has 7 heteroatoms. The standard InChI is InChI=1S/C19H26N2O3S2/c1-3-8-19(14-22)9-10-21(13-19)11-16-12-25-18(20-16)15-4-6-17(7-5-15)26(2,23)24/h4-7,12,22H,3,8-11,13-14H2,1-2H3. The quantitative estimate of drug-likeness (QED) is 0.781. The molecular weight excluding hydrogens is 368 g/mol. The predicted octanol–water partition coefficient (Wildman–Crippen LogP) is 3.20. The van der Waals surface area contributed by atoms with Crippen molar-refractivity contribution >= 4 is 21.2 Å². The second-order valence-electron chi connectivity index (χ2n) is 7.31. The van der Waals surface area contributed by atoms with E-state index in [4.69, 9.17) is 4.98 Å². The van der Waals surface area contributed by atoms with Crippen LogP contribution in [0.3, 0.4) is 0 Å². The number of aliphatic hydroxyl groups is 1. The number of aromatic nitrogens is 1. The molecule has 0 radical (unpaired) electrons. The monoisotopic (exact) mass is 394 g/mol. The van der Waals surface area contributed by atoms with Crippen molar-refractivity contribution in [1.82, 2.24) is 9.88 Å². The van der Waals surface area contributed by atoms with Gasteiger partial charge in [-0.2, -0.15) is 0 Å². The summed E-state index contributed by atoms with van der Waals surface area (Å²) in [5.41, 5.74) is 2.02. The van der Waals surface area contributed by atoms with Crippen molar-refractivity contribution in [1.29, 1.82) is 0 Å². The van der Waals surface area contributed by atoms with Gasteiger partial charge in [-0.3, -0.25) is 4.90 Å². The van der Waals surface area contributed by atoms with E-state index in [2.05, 4.69) is 17.2 Å². The molecule has 26 heavy (non-hydrogen) atoms. The normalized spacial score (nSPS) is 21.3. The Bertz CT molecular complexity index is 846. The minimum Gasteiger partial charge on any atom is -0.396 e. The maximum Gasteiger partial charge on any atom is 0.175 e. The van der Waals surface area contributed by atoms with Crippen LogP contribution in [0.4, 0.5) is 0 Å². The third kappa shape index (κ3) is 4.34. The lowest BCUT2D eigenvalue weighted by Gasteiger charge is -2.26. The summed E-state index contributed by atoms with van der Waals surface area (Å²) in [6.45, 7) is 5.14. The number of nitrogens with zero attached hydrogens (tertiary/aromatic N) is 2. The van der Waals surface area contributed by atoms with E-state index in [1.54, 1.807) is 23.5 Å². The van der Waals surface area contributed by atoms with Crippen LogP contribution in [0, 0.1) is 5.41 Å². The van der Waals surface area contributed by atoms with Crippen LogP contribution in [0.2, 0.25) is 0 Å². The van der Waals surface area contributed by atoms with Gasteiger partial charge in [0.15, 0.2) is 9.84 Å². The van der Waals surface area contributed by atoms with Crippen LogP contribution in [0.15, 0.2) is 34.5 Å². The molecule has 1 aliphatic rings. The first-order valence-corrected chi connectivity index (χ1v) is 11.7. The molecule has 2 heterocycles. The molecule has 0 bridgehead atoms. The number of hydrogen-bond donors (Lipinski definition) is 1. The fourth-order valence-electron chi connectivity index (χ4n) is 3.69. The number of rotatable bonds is 7. The Morgan fingerprint density at radius 2 is 2.04 bits per heavy atom. The smallest absolute Gasteiger partial charge is 0.175 e. The van der Waals surface area contributed by atoms with E-state index >= 15 is 0 Å². The van der Waals surface area contributed by atoms with Crippen LogP contribution in [-0.4, -0.2) is 49.4 Å². The molecule has 1 fully saturated rings. The molecule has 142 valence electrons. The summed E-state index contributed by atoms with van der Waals surface area (Å²) in [5, 5.41) is 12.8. The average molecular weight is 395 g/mol. The first-order valence-electron chi connectivity index (χ1n) is 8.93. The van der Waals surface area contributed by atoms with Crippen molar-refractivity contribution in [2.45, 2.75) is 37.6 Å². The highest BCUT2D eigenvalue weighted by molar-refractivity contribution is 7.90. The first-order chi connectivity index (χ1) is 12.3. The predicted molar refractivity (Wildman–Crippen MR) is 105 cm³/mol. The van der Waals surface area contributed by atoms with Crippen LogP contribution in [0.25, 0.3) is 10.6 Å². The Morgan fingerprint density at radius 3 is 2.65 bits per heavy atom. The molecule has 1 aliphatic heterocycles. The highest BCUT2D eigenvalue weighted by atomic mass is 32.2. The maximum atomic E-state index is 11.6. The second-order valence-corrected chi connectivity index (χ2v) is 10.2. The fraction of sp³-hybridized carbons (Fsp3) is 0.526. The number of aliphatic hydroxyl groups excluding tert-OH is 1. The zero-order valence-electron chi connectivity index (χ0n) is 15.3. The van der Waals surface area contributed by atoms with Gasteiger partial charge in [-0.05, 0) is 31.5 Å².